The Bertz CT molecular complexity index is 369. The molecule has 1 heterocycles. The van der Waals surface area contributed by atoms with Gasteiger partial charge < -0.3 is 5.73 Å². The van der Waals surface area contributed by atoms with Crippen molar-refractivity contribution in [1.29, 1.82) is 0 Å². The Labute approximate surface area is 102 Å². The monoisotopic (exact) mass is 264 g/mol. The molecule has 17 heavy (non-hydrogen) atoms. The van der Waals surface area contributed by atoms with E-state index >= 15 is 0 Å². The van der Waals surface area contributed by atoms with Crippen molar-refractivity contribution in [3.05, 3.63) is 0 Å². The maximum Gasteiger partial charge on any atom is 0.264 e. The summed E-state index contributed by atoms with van der Waals surface area (Å²) in [7, 11) is -3.48. The number of amides is 1. The van der Waals surface area contributed by atoms with Gasteiger partial charge in [0.1, 0.15) is 0 Å². The minimum atomic E-state index is -3.48. The number of primary amides is 1. The van der Waals surface area contributed by atoms with Crippen molar-refractivity contribution >= 4 is 16.0 Å². The van der Waals surface area contributed by atoms with Crippen LogP contribution in [0.15, 0.2) is 0 Å². The first-order valence-electron chi connectivity index (χ1n) is 5.75. The van der Waals surface area contributed by atoms with Gasteiger partial charge in [0.25, 0.3) is 10.1 Å². The van der Waals surface area contributed by atoms with Gasteiger partial charge in [-0.25, -0.2) is 0 Å². The van der Waals surface area contributed by atoms with Gasteiger partial charge in [-0.3, -0.25) is 13.9 Å². The smallest absolute Gasteiger partial charge is 0.264 e. The van der Waals surface area contributed by atoms with E-state index in [0.717, 1.165) is 25.6 Å². The standard InChI is InChI=1S/C10H20N2O4S/c1-3-4-5-12-7-8(16-17(2,14)15)6-9(12)10(11)13/h8-9H,3-7H2,1-2H3,(H2,11,13)/t8-,9-/m0/s1. The van der Waals surface area contributed by atoms with E-state index in [0.29, 0.717) is 13.0 Å². The zero-order chi connectivity index (χ0) is 13.1. The van der Waals surface area contributed by atoms with Crippen molar-refractivity contribution in [3.8, 4) is 0 Å². The van der Waals surface area contributed by atoms with Crippen LogP contribution < -0.4 is 5.73 Å². The van der Waals surface area contributed by atoms with Crippen molar-refractivity contribution in [2.24, 2.45) is 5.73 Å². The predicted molar refractivity (Wildman–Crippen MR) is 63.8 cm³/mol. The van der Waals surface area contributed by atoms with Crippen LogP contribution in [0.25, 0.3) is 0 Å². The molecule has 0 saturated carbocycles. The fourth-order valence-corrected chi connectivity index (χ4v) is 2.72. The SMILES string of the molecule is CCCCN1C[C@@H](OS(C)(=O)=O)C[C@H]1C(N)=O. The maximum absolute atomic E-state index is 11.3. The summed E-state index contributed by atoms with van der Waals surface area (Å²) in [6.07, 6.45) is 2.88. The Hall–Kier alpha value is -0.660. The quantitative estimate of drug-likeness (QED) is 0.665. The molecule has 1 aliphatic heterocycles. The van der Waals surface area contributed by atoms with Crippen LogP contribution in [0.3, 0.4) is 0 Å². The molecule has 1 fully saturated rings. The van der Waals surface area contributed by atoms with E-state index in [1.165, 1.54) is 0 Å². The van der Waals surface area contributed by atoms with Gasteiger partial charge in [-0.1, -0.05) is 13.3 Å². The summed E-state index contributed by atoms with van der Waals surface area (Å²) in [4.78, 5) is 13.2. The van der Waals surface area contributed by atoms with Crippen LogP contribution >= 0.6 is 0 Å². The Kier molecular flexibility index (Phi) is 4.91. The van der Waals surface area contributed by atoms with E-state index in [1.54, 1.807) is 0 Å². The molecule has 1 aliphatic rings. The Morgan fingerprint density at radius 3 is 2.65 bits per heavy atom. The molecule has 0 bridgehead atoms. The molecule has 0 unspecified atom stereocenters. The third-order valence-electron chi connectivity index (χ3n) is 2.80. The second-order valence-electron chi connectivity index (χ2n) is 4.42. The maximum atomic E-state index is 11.3. The lowest BCUT2D eigenvalue weighted by atomic mass is 10.2. The Morgan fingerprint density at radius 1 is 1.53 bits per heavy atom. The second-order valence-corrected chi connectivity index (χ2v) is 6.03. The number of carbonyl (C=O) groups is 1. The number of hydrogen-bond donors (Lipinski definition) is 1. The van der Waals surface area contributed by atoms with Gasteiger partial charge in [0.05, 0.1) is 18.4 Å². The summed E-state index contributed by atoms with van der Waals surface area (Å²) in [6.45, 7) is 3.24. The Morgan fingerprint density at radius 2 is 2.18 bits per heavy atom. The minimum absolute atomic E-state index is 0.353. The van der Waals surface area contributed by atoms with Crippen LogP contribution in [0.4, 0.5) is 0 Å². The number of nitrogens with two attached hydrogens (primary N) is 1. The first kappa shape index (κ1) is 14.4. The van der Waals surface area contributed by atoms with E-state index in [9.17, 15) is 13.2 Å². The molecule has 0 aliphatic carbocycles. The zero-order valence-electron chi connectivity index (χ0n) is 10.3. The highest BCUT2D eigenvalue weighted by molar-refractivity contribution is 7.86. The molecule has 1 amide bonds. The van der Waals surface area contributed by atoms with Gasteiger partial charge in [0.15, 0.2) is 0 Å². The van der Waals surface area contributed by atoms with Crippen LogP contribution in [0.1, 0.15) is 26.2 Å². The van der Waals surface area contributed by atoms with Gasteiger partial charge in [-0.05, 0) is 13.0 Å². The fraction of sp³-hybridized carbons (Fsp3) is 0.900. The molecular weight excluding hydrogens is 244 g/mol. The van der Waals surface area contributed by atoms with Crippen molar-refractivity contribution in [1.82, 2.24) is 4.90 Å². The average molecular weight is 264 g/mol. The molecule has 1 saturated heterocycles. The van der Waals surface area contributed by atoms with Crippen LogP contribution in [-0.4, -0.2) is 50.7 Å². The Balaban J connectivity index is 2.62. The van der Waals surface area contributed by atoms with Gasteiger partial charge >= 0.3 is 0 Å². The summed E-state index contributed by atoms with van der Waals surface area (Å²) >= 11 is 0. The van der Waals surface area contributed by atoms with Gasteiger partial charge in [-0.15, -0.1) is 0 Å². The number of likely N-dealkylation sites (tertiary alicyclic amines) is 1. The lowest BCUT2D eigenvalue weighted by Crippen LogP contribution is -2.40. The lowest BCUT2D eigenvalue weighted by molar-refractivity contribution is -0.122. The van der Waals surface area contributed by atoms with E-state index in [4.69, 9.17) is 9.92 Å². The normalized spacial score (nSPS) is 26.2. The summed E-state index contributed by atoms with van der Waals surface area (Å²) in [5, 5.41) is 0. The minimum Gasteiger partial charge on any atom is -0.368 e. The number of unbranched alkanes of at least 4 members (excludes halogenated alkanes) is 1. The van der Waals surface area contributed by atoms with Gasteiger partial charge in [0, 0.05) is 13.0 Å². The molecule has 0 aromatic heterocycles. The molecule has 0 aromatic rings. The van der Waals surface area contributed by atoms with Gasteiger partial charge in [-0.2, -0.15) is 8.42 Å². The highest BCUT2D eigenvalue weighted by atomic mass is 32.2. The summed E-state index contributed by atoms with van der Waals surface area (Å²) in [5.41, 5.74) is 5.30. The number of nitrogens with zero attached hydrogens (tertiary/aromatic N) is 1. The van der Waals surface area contributed by atoms with Crippen LogP contribution in [0, 0.1) is 0 Å². The summed E-state index contributed by atoms with van der Waals surface area (Å²) in [5.74, 6) is -0.416. The second kappa shape index (κ2) is 5.79. The first-order chi connectivity index (χ1) is 7.83. The molecule has 2 atom stereocenters. The number of hydrogen-bond acceptors (Lipinski definition) is 5. The molecule has 0 spiro atoms. The largest absolute Gasteiger partial charge is 0.368 e. The highest BCUT2D eigenvalue weighted by Crippen LogP contribution is 2.21. The van der Waals surface area contributed by atoms with Crippen LogP contribution in [0.2, 0.25) is 0 Å². The van der Waals surface area contributed by atoms with E-state index < -0.39 is 28.2 Å². The van der Waals surface area contributed by atoms with Crippen molar-refractivity contribution in [2.75, 3.05) is 19.3 Å². The molecule has 0 radical (unpaired) electrons. The van der Waals surface area contributed by atoms with Gasteiger partial charge in [0.2, 0.25) is 5.91 Å². The van der Waals surface area contributed by atoms with Crippen LogP contribution in [-0.2, 0) is 19.1 Å². The zero-order valence-corrected chi connectivity index (χ0v) is 11.1. The molecule has 2 N–H and O–H groups in total. The molecule has 7 heteroatoms. The summed E-state index contributed by atoms with van der Waals surface area (Å²) in [6, 6.07) is -0.409. The van der Waals surface area contributed by atoms with Crippen molar-refractivity contribution < 1.29 is 17.4 Å². The predicted octanol–water partition coefficient (Wildman–Crippen LogP) is -0.309. The molecule has 100 valence electrons. The third kappa shape index (κ3) is 4.61. The molecular formula is C10H20N2O4S. The van der Waals surface area contributed by atoms with E-state index in [2.05, 4.69) is 6.92 Å². The highest BCUT2D eigenvalue weighted by Gasteiger charge is 2.37. The average Bonchev–Trinajstić information content (AvgIpc) is 2.55. The van der Waals surface area contributed by atoms with E-state index in [1.807, 2.05) is 4.90 Å². The fourth-order valence-electron chi connectivity index (χ4n) is 2.08. The first-order valence-corrected chi connectivity index (χ1v) is 7.56. The van der Waals surface area contributed by atoms with E-state index in [-0.39, 0.29) is 0 Å². The van der Waals surface area contributed by atoms with Crippen molar-refractivity contribution in [2.45, 2.75) is 38.3 Å². The lowest BCUT2D eigenvalue weighted by Gasteiger charge is -2.20. The summed E-state index contributed by atoms with van der Waals surface area (Å²) < 4.78 is 27.0. The molecule has 6 nitrogen and oxygen atoms in total. The molecule has 1 rings (SSSR count). The topological polar surface area (TPSA) is 89.7 Å². The number of carbonyl (C=O) groups excluding carboxylic acids is 1. The molecule has 0 aromatic carbocycles. The third-order valence-corrected chi connectivity index (χ3v) is 3.42. The van der Waals surface area contributed by atoms with Crippen molar-refractivity contribution in [3.63, 3.8) is 0 Å². The number of rotatable bonds is 6. The van der Waals surface area contributed by atoms with Crippen LogP contribution in [0.5, 0.6) is 0 Å².